The van der Waals surface area contributed by atoms with Crippen molar-refractivity contribution in [3.63, 3.8) is 0 Å². The zero-order valence-electron chi connectivity index (χ0n) is 33.1. The first-order chi connectivity index (χ1) is 22.4. The molecular weight excluding hydrogens is 625 g/mol. The van der Waals surface area contributed by atoms with Crippen LogP contribution in [0, 0.1) is 23.2 Å². The molecule has 2 saturated carbocycles. The summed E-state index contributed by atoms with van der Waals surface area (Å²) >= 11 is 0. The van der Waals surface area contributed by atoms with E-state index in [2.05, 4.69) is 92.9 Å². The van der Waals surface area contributed by atoms with Gasteiger partial charge in [-0.2, -0.15) is 0 Å². The Bertz CT molecular complexity index is 1190. The molecule has 1 aliphatic heterocycles. The van der Waals surface area contributed by atoms with Gasteiger partial charge in [0.05, 0.1) is 6.10 Å². The van der Waals surface area contributed by atoms with Gasteiger partial charge in [-0.3, -0.25) is 0 Å². The van der Waals surface area contributed by atoms with Crippen LogP contribution in [0.25, 0.3) is 0 Å². The summed E-state index contributed by atoms with van der Waals surface area (Å²) in [7, 11) is -3.75. The number of hydrogen-bond donors (Lipinski definition) is 0. The third-order valence-corrected chi connectivity index (χ3v) is 23.2. The quantitative estimate of drug-likeness (QED) is 0.152. The van der Waals surface area contributed by atoms with Gasteiger partial charge in [-0.15, -0.1) is 0 Å². The molecule has 1 saturated heterocycles. The highest BCUT2D eigenvalue weighted by Crippen LogP contribution is 2.64. The van der Waals surface area contributed by atoms with E-state index < -0.39 is 16.6 Å². The standard InChI is InChI=1S/C42H74O4Si2/c1-40(2,3)47(8,9)45-33-22-24-34-31(29-33)21-23-36-35(34)25-26-42(7)37(36)30-32(39(42)46-48(10,11)41(4,5)6)19-15-13-12-14-17-27-43-38-20-16-18-28-44-38/h22,24,29,32,35-39H,12-21,23,25-28,30H2,1-11H3/t32-,35+,36+,37-,38?,39-,42-/m0/s1. The number of aryl methyl sites for hydroxylation is 1. The van der Waals surface area contributed by atoms with Gasteiger partial charge in [0.2, 0.25) is 8.32 Å². The van der Waals surface area contributed by atoms with E-state index in [0.29, 0.717) is 23.4 Å². The molecule has 1 unspecified atom stereocenters. The van der Waals surface area contributed by atoms with Crippen molar-refractivity contribution in [3.05, 3.63) is 29.3 Å². The number of hydrogen-bond acceptors (Lipinski definition) is 4. The van der Waals surface area contributed by atoms with Crippen molar-refractivity contribution >= 4 is 16.6 Å². The minimum atomic E-state index is -1.89. The molecule has 0 spiro atoms. The van der Waals surface area contributed by atoms with E-state index in [9.17, 15) is 0 Å². The van der Waals surface area contributed by atoms with Crippen LogP contribution in [0.4, 0.5) is 0 Å². The molecule has 274 valence electrons. The Morgan fingerprint density at radius 1 is 0.854 bits per heavy atom. The molecule has 48 heavy (non-hydrogen) atoms. The van der Waals surface area contributed by atoms with Gasteiger partial charge >= 0.3 is 0 Å². The zero-order chi connectivity index (χ0) is 35.0. The maximum atomic E-state index is 7.55. The summed E-state index contributed by atoms with van der Waals surface area (Å²) in [5.41, 5.74) is 3.50. The van der Waals surface area contributed by atoms with Crippen molar-refractivity contribution in [2.45, 2.75) is 193 Å². The molecule has 4 aliphatic rings. The van der Waals surface area contributed by atoms with Gasteiger partial charge in [-0.05, 0) is 153 Å². The second-order valence-corrected chi connectivity index (χ2v) is 29.2. The minimum absolute atomic E-state index is 0.0555. The van der Waals surface area contributed by atoms with E-state index in [4.69, 9.17) is 18.3 Å². The van der Waals surface area contributed by atoms with Gasteiger partial charge in [0.25, 0.3) is 0 Å². The summed E-state index contributed by atoms with van der Waals surface area (Å²) < 4.78 is 26.0. The molecular formula is C42H74O4Si2. The summed E-state index contributed by atoms with van der Waals surface area (Å²) in [6.07, 6.45) is 18.2. The molecule has 1 aromatic rings. The van der Waals surface area contributed by atoms with Crippen LogP contribution in [0.3, 0.4) is 0 Å². The van der Waals surface area contributed by atoms with Crippen molar-refractivity contribution in [3.8, 4) is 5.75 Å². The fourth-order valence-corrected chi connectivity index (χ4v) is 11.8. The Labute approximate surface area is 298 Å². The van der Waals surface area contributed by atoms with Crippen LogP contribution >= 0.6 is 0 Å². The summed E-state index contributed by atoms with van der Waals surface area (Å²) in [5.74, 6) is 4.05. The average Bonchev–Trinajstić information content (AvgIpc) is 3.28. The largest absolute Gasteiger partial charge is 0.543 e. The molecule has 7 atom stereocenters. The topological polar surface area (TPSA) is 36.9 Å². The van der Waals surface area contributed by atoms with Crippen LogP contribution < -0.4 is 4.43 Å². The fourth-order valence-electron chi connectivity index (χ4n) is 9.29. The molecule has 0 amide bonds. The second kappa shape index (κ2) is 15.1. The minimum Gasteiger partial charge on any atom is -0.543 e. The molecule has 1 aromatic carbocycles. The highest BCUT2D eigenvalue weighted by Gasteiger charge is 2.60. The summed E-state index contributed by atoms with van der Waals surface area (Å²) in [6, 6.07) is 7.21. The zero-order valence-corrected chi connectivity index (χ0v) is 35.1. The van der Waals surface area contributed by atoms with Crippen molar-refractivity contribution in [2.75, 3.05) is 13.2 Å². The fraction of sp³-hybridized carbons (Fsp3) is 0.857. The van der Waals surface area contributed by atoms with Gasteiger partial charge < -0.3 is 18.3 Å². The highest BCUT2D eigenvalue weighted by atomic mass is 28.4. The molecule has 4 nitrogen and oxygen atoms in total. The van der Waals surface area contributed by atoms with Crippen molar-refractivity contribution < 1.29 is 18.3 Å². The Morgan fingerprint density at radius 3 is 2.25 bits per heavy atom. The lowest BCUT2D eigenvalue weighted by molar-refractivity contribution is -0.162. The lowest BCUT2D eigenvalue weighted by Gasteiger charge is -2.52. The molecule has 0 bridgehead atoms. The monoisotopic (exact) mass is 699 g/mol. The Hall–Kier alpha value is -0.666. The maximum Gasteiger partial charge on any atom is 0.250 e. The first-order valence-corrected chi connectivity index (χ1v) is 26.0. The molecule has 3 fully saturated rings. The normalized spacial score (nSPS) is 31.2. The summed E-state index contributed by atoms with van der Waals surface area (Å²) in [6.45, 7) is 28.4. The molecule has 0 radical (unpaired) electrons. The van der Waals surface area contributed by atoms with Gasteiger partial charge in [0, 0.05) is 13.2 Å². The van der Waals surface area contributed by atoms with E-state index in [1.54, 1.807) is 11.1 Å². The predicted molar refractivity (Wildman–Crippen MR) is 207 cm³/mol. The number of benzene rings is 1. The smallest absolute Gasteiger partial charge is 0.250 e. The molecule has 0 N–H and O–H groups in total. The molecule has 1 heterocycles. The van der Waals surface area contributed by atoms with E-state index in [1.165, 1.54) is 77.0 Å². The van der Waals surface area contributed by atoms with Crippen LogP contribution in [0.5, 0.6) is 5.75 Å². The predicted octanol–water partition coefficient (Wildman–Crippen LogP) is 12.4. The van der Waals surface area contributed by atoms with E-state index in [1.807, 2.05) is 0 Å². The lowest BCUT2D eigenvalue weighted by atomic mass is 9.55. The van der Waals surface area contributed by atoms with Crippen LogP contribution in [-0.2, 0) is 20.3 Å². The second-order valence-electron chi connectivity index (χ2n) is 19.7. The van der Waals surface area contributed by atoms with Crippen molar-refractivity contribution in [2.24, 2.45) is 23.2 Å². The first-order valence-electron chi connectivity index (χ1n) is 20.2. The third kappa shape index (κ3) is 8.51. The van der Waals surface area contributed by atoms with E-state index in [0.717, 1.165) is 43.6 Å². The van der Waals surface area contributed by atoms with Gasteiger partial charge in [0.15, 0.2) is 14.6 Å². The molecule has 3 aliphatic carbocycles. The number of rotatable bonds is 13. The van der Waals surface area contributed by atoms with Crippen molar-refractivity contribution in [1.82, 2.24) is 0 Å². The van der Waals surface area contributed by atoms with E-state index in [-0.39, 0.29) is 16.4 Å². The average molecular weight is 699 g/mol. The highest BCUT2D eigenvalue weighted by molar-refractivity contribution is 6.75. The Kier molecular flexibility index (Phi) is 12.2. The number of ether oxygens (including phenoxy) is 2. The van der Waals surface area contributed by atoms with Crippen molar-refractivity contribution in [1.29, 1.82) is 0 Å². The molecule has 5 rings (SSSR count). The van der Waals surface area contributed by atoms with Crippen LogP contribution in [0.2, 0.25) is 36.3 Å². The summed E-state index contributed by atoms with van der Waals surface area (Å²) in [4.78, 5) is 0. The SMILES string of the molecule is CC(C)(C)[Si](C)(C)Oc1ccc2c(c1)CC[C@@H]1[C@@H]2CC[C@@]2(C)[C@H]1C[C@H](CCCCCCCOC1CCCCO1)[C@@H]2O[Si](C)(C)C(C)(C)C. The third-order valence-electron chi connectivity index (χ3n) is 14.3. The van der Waals surface area contributed by atoms with Crippen LogP contribution in [0.15, 0.2) is 18.2 Å². The lowest BCUT2D eigenvalue weighted by Crippen LogP contribution is -2.51. The van der Waals surface area contributed by atoms with E-state index >= 15 is 0 Å². The first kappa shape index (κ1) is 38.6. The van der Waals surface area contributed by atoms with Gasteiger partial charge in [0.1, 0.15) is 5.75 Å². The van der Waals surface area contributed by atoms with Gasteiger partial charge in [-0.25, -0.2) is 0 Å². The Morgan fingerprint density at radius 2 is 1.56 bits per heavy atom. The number of fused-ring (bicyclic) bond motifs is 5. The number of unbranched alkanes of at least 4 members (excludes halogenated alkanes) is 4. The summed E-state index contributed by atoms with van der Waals surface area (Å²) in [5, 5.41) is 0.449. The van der Waals surface area contributed by atoms with Gasteiger partial charge in [-0.1, -0.05) is 80.2 Å². The molecule has 0 aromatic heterocycles. The molecule has 6 heteroatoms. The maximum absolute atomic E-state index is 7.55. The Balaban J connectivity index is 1.23. The van der Waals surface area contributed by atoms with Crippen LogP contribution in [0.1, 0.15) is 149 Å². The van der Waals surface area contributed by atoms with Crippen LogP contribution in [-0.4, -0.2) is 42.2 Å².